The molecule has 0 amide bonds. The third kappa shape index (κ3) is 1.62. The van der Waals surface area contributed by atoms with Gasteiger partial charge in [-0.2, -0.15) is 0 Å². The zero-order valence-electron chi connectivity index (χ0n) is 12.6. The average molecular weight is 284 g/mol. The number of rotatable bonds is 1. The topological polar surface area (TPSA) is 54.1 Å². The number of methoxy groups -OCH3 is 1. The Morgan fingerprint density at radius 2 is 2.19 bits per heavy atom. The Labute approximate surface area is 123 Å². The van der Waals surface area contributed by atoms with E-state index in [1.54, 1.807) is 0 Å². The van der Waals surface area contributed by atoms with E-state index in [1.165, 1.54) is 23.6 Å². The Morgan fingerprint density at radius 3 is 2.95 bits per heavy atom. The van der Waals surface area contributed by atoms with Crippen LogP contribution in [0, 0.1) is 5.92 Å². The maximum absolute atomic E-state index is 12.2. The van der Waals surface area contributed by atoms with Crippen molar-refractivity contribution in [2.24, 2.45) is 5.92 Å². The Hall–Kier alpha value is -1.81. The van der Waals surface area contributed by atoms with Crippen LogP contribution in [0.15, 0.2) is 24.4 Å². The molecular formula is C17H20N2O2. The van der Waals surface area contributed by atoms with Crippen molar-refractivity contribution >= 4 is 16.9 Å². The summed E-state index contributed by atoms with van der Waals surface area (Å²) >= 11 is 0. The van der Waals surface area contributed by atoms with Crippen LogP contribution in [0.4, 0.5) is 0 Å². The highest BCUT2D eigenvalue weighted by molar-refractivity contribution is 5.90. The van der Waals surface area contributed by atoms with Crippen molar-refractivity contribution in [2.75, 3.05) is 7.11 Å². The minimum absolute atomic E-state index is 0.0827. The number of nitrogens with one attached hydrogen (secondary N) is 2. The largest absolute Gasteiger partial charge is 0.468 e. The van der Waals surface area contributed by atoms with Crippen LogP contribution >= 0.6 is 0 Å². The number of fused-ring (bicyclic) bond motifs is 2. The molecule has 0 saturated carbocycles. The number of esters is 1. The van der Waals surface area contributed by atoms with Crippen molar-refractivity contribution in [1.82, 2.24) is 10.3 Å². The zero-order valence-corrected chi connectivity index (χ0v) is 12.6. The zero-order chi connectivity index (χ0) is 14.8. The Morgan fingerprint density at radius 1 is 1.38 bits per heavy atom. The number of hydrogen-bond donors (Lipinski definition) is 2. The fourth-order valence-corrected chi connectivity index (χ4v) is 4.35. The number of ether oxygens (including phenoxy) is 1. The molecule has 1 aliphatic heterocycles. The summed E-state index contributed by atoms with van der Waals surface area (Å²) in [5.41, 5.74) is 3.71. The molecule has 4 rings (SSSR count). The molecule has 0 bridgehead atoms. The first kappa shape index (κ1) is 12.9. The number of hydrogen-bond acceptors (Lipinski definition) is 3. The molecule has 1 fully saturated rings. The summed E-state index contributed by atoms with van der Waals surface area (Å²) < 4.78 is 5.03. The van der Waals surface area contributed by atoms with Gasteiger partial charge < -0.3 is 9.72 Å². The lowest BCUT2D eigenvalue weighted by Crippen LogP contribution is -2.44. The summed E-state index contributed by atoms with van der Waals surface area (Å²) in [4.78, 5) is 15.6. The molecular weight excluding hydrogens is 264 g/mol. The normalized spacial score (nSPS) is 29.4. The van der Waals surface area contributed by atoms with Gasteiger partial charge in [-0.05, 0) is 43.4 Å². The molecule has 1 saturated heterocycles. The molecule has 1 aromatic carbocycles. The van der Waals surface area contributed by atoms with Gasteiger partial charge in [0.1, 0.15) is 6.04 Å². The lowest BCUT2D eigenvalue weighted by atomic mass is 9.70. The molecule has 4 nitrogen and oxygen atoms in total. The van der Waals surface area contributed by atoms with Crippen LogP contribution in [-0.4, -0.2) is 29.6 Å². The number of aromatic amines is 1. The van der Waals surface area contributed by atoms with Gasteiger partial charge >= 0.3 is 5.97 Å². The van der Waals surface area contributed by atoms with Gasteiger partial charge in [0.15, 0.2) is 0 Å². The molecule has 2 N–H and O–H groups in total. The standard InChI is InChI=1S/C17H20N2O2/c1-17(2)11-7-9-5-4-6-12-13(9)10(8-18-12)14(11)15(19-17)16(20)21-3/h4-6,8,11,14-15,18-19H,7H2,1-3H3/t11-,14+,15+/m1/s1. The van der Waals surface area contributed by atoms with Crippen LogP contribution in [-0.2, 0) is 16.0 Å². The highest BCUT2D eigenvalue weighted by Gasteiger charge is 2.53. The average Bonchev–Trinajstić information content (AvgIpc) is 3.00. The summed E-state index contributed by atoms with van der Waals surface area (Å²) in [7, 11) is 1.47. The third-order valence-corrected chi connectivity index (χ3v) is 5.32. The van der Waals surface area contributed by atoms with E-state index >= 15 is 0 Å². The maximum Gasteiger partial charge on any atom is 0.323 e. The Bertz CT molecular complexity index is 731. The molecule has 3 atom stereocenters. The van der Waals surface area contributed by atoms with Gasteiger partial charge in [-0.3, -0.25) is 10.1 Å². The van der Waals surface area contributed by atoms with Crippen molar-refractivity contribution in [3.05, 3.63) is 35.5 Å². The minimum atomic E-state index is -0.262. The fraction of sp³-hybridized carbons (Fsp3) is 0.471. The van der Waals surface area contributed by atoms with E-state index < -0.39 is 0 Å². The molecule has 21 heavy (non-hydrogen) atoms. The molecule has 0 radical (unpaired) electrons. The van der Waals surface area contributed by atoms with Crippen LogP contribution in [0.3, 0.4) is 0 Å². The lowest BCUT2D eigenvalue weighted by molar-refractivity contribution is -0.143. The molecule has 1 aliphatic carbocycles. The summed E-state index contributed by atoms with van der Waals surface area (Å²) in [6, 6.07) is 6.15. The Kier molecular flexibility index (Phi) is 2.52. The third-order valence-electron chi connectivity index (χ3n) is 5.32. The van der Waals surface area contributed by atoms with Crippen molar-refractivity contribution in [2.45, 2.75) is 37.8 Å². The van der Waals surface area contributed by atoms with Gasteiger partial charge in [0.05, 0.1) is 7.11 Å². The molecule has 2 aromatic rings. The first-order valence-electron chi connectivity index (χ1n) is 7.47. The van der Waals surface area contributed by atoms with Crippen molar-refractivity contribution in [1.29, 1.82) is 0 Å². The SMILES string of the molecule is COC(=O)[C@H]1NC(C)(C)[C@@H]2Cc3cccc4[nH]cc(c34)[C@H]12. The lowest BCUT2D eigenvalue weighted by Gasteiger charge is -2.33. The first-order chi connectivity index (χ1) is 10.0. The van der Waals surface area contributed by atoms with Crippen molar-refractivity contribution in [3.63, 3.8) is 0 Å². The van der Waals surface area contributed by atoms with E-state index in [9.17, 15) is 4.79 Å². The molecule has 2 heterocycles. The predicted octanol–water partition coefficient (Wildman–Crippen LogP) is 2.35. The highest BCUT2D eigenvalue weighted by Crippen LogP contribution is 2.50. The monoisotopic (exact) mass is 284 g/mol. The minimum Gasteiger partial charge on any atom is -0.468 e. The predicted molar refractivity (Wildman–Crippen MR) is 81.3 cm³/mol. The molecule has 4 heteroatoms. The fourth-order valence-electron chi connectivity index (χ4n) is 4.35. The smallest absolute Gasteiger partial charge is 0.323 e. The second-order valence-electron chi connectivity index (χ2n) is 6.79. The number of carbonyl (C=O) groups excluding carboxylic acids is 1. The van der Waals surface area contributed by atoms with E-state index in [0.717, 1.165) is 11.9 Å². The summed E-state index contributed by atoms with van der Waals surface area (Å²) in [6.45, 7) is 4.37. The summed E-state index contributed by atoms with van der Waals surface area (Å²) in [6.07, 6.45) is 3.07. The van der Waals surface area contributed by atoms with E-state index in [0.29, 0.717) is 5.92 Å². The number of aromatic nitrogens is 1. The molecule has 0 unspecified atom stereocenters. The van der Waals surface area contributed by atoms with Crippen LogP contribution in [0.2, 0.25) is 0 Å². The van der Waals surface area contributed by atoms with Gasteiger partial charge in [0, 0.05) is 28.6 Å². The molecule has 0 spiro atoms. The van der Waals surface area contributed by atoms with Gasteiger partial charge in [0.25, 0.3) is 0 Å². The maximum atomic E-state index is 12.2. The van der Waals surface area contributed by atoms with Gasteiger partial charge in [-0.25, -0.2) is 0 Å². The summed E-state index contributed by atoms with van der Waals surface area (Å²) in [5, 5.41) is 4.80. The second-order valence-corrected chi connectivity index (χ2v) is 6.79. The number of H-pyrrole nitrogens is 1. The van der Waals surface area contributed by atoms with Crippen LogP contribution in [0.25, 0.3) is 10.9 Å². The second kappa shape index (κ2) is 4.10. The van der Waals surface area contributed by atoms with Gasteiger partial charge in [0.2, 0.25) is 0 Å². The molecule has 2 aliphatic rings. The van der Waals surface area contributed by atoms with E-state index in [-0.39, 0.29) is 23.5 Å². The van der Waals surface area contributed by atoms with E-state index in [1.807, 2.05) is 0 Å². The van der Waals surface area contributed by atoms with Crippen LogP contribution < -0.4 is 5.32 Å². The van der Waals surface area contributed by atoms with Crippen molar-refractivity contribution in [3.8, 4) is 0 Å². The molecule has 1 aromatic heterocycles. The van der Waals surface area contributed by atoms with Crippen molar-refractivity contribution < 1.29 is 9.53 Å². The highest BCUT2D eigenvalue weighted by atomic mass is 16.5. The van der Waals surface area contributed by atoms with Crippen LogP contribution in [0.5, 0.6) is 0 Å². The van der Waals surface area contributed by atoms with E-state index in [4.69, 9.17) is 4.74 Å². The van der Waals surface area contributed by atoms with E-state index in [2.05, 4.69) is 48.5 Å². The first-order valence-corrected chi connectivity index (χ1v) is 7.47. The van der Waals surface area contributed by atoms with Gasteiger partial charge in [-0.1, -0.05) is 12.1 Å². The van der Waals surface area contributed by atoms with Gasteiger partial charge in [-0.15, -0.1) is 0 Å². The number of carbonyl (C=O) groups is 1. The molecule has 110 valence electrons. The quantitative estimate of drug-likeness (QED) is 0.790. The number of benzene rings is 1. The van der Waals surface area contributed by atoms with Crippen LogP contribution in [0.1, 0.15) is 30.9 Å². The Balaban J connectivity index is 1.92. The summed E-state index contributed by atoms with van der Waals surface area (Å²) in [5.74, 6) is 0.413.